The van der Waals surface area contributed by atoms with E-state index in [2.05, 4.69) is 41.5 Å². The second kappa shape index (κ2) is 10.2. The second-order valence-corrected chi connectivity index (χ2v) is 16.0. The van der Waals surface area contributed by atoms with Gasteiger partial charge in [-0.25, -0.2) is 0 Å². The van der Waals surface area contributed by atoms with Crippen molar-refractivity contribution >= 4 is 5.97 Å². The number of aliphatic hydroxyl groups excluding tert-OH is 2. The molecule has 6 nitrogen and oxygen atoms in total. The van der Waals surface area contributed by atoms with Gasteiger partial charge in [0.05, 0.1) is 23.9 Å². The van der Waals surface area contributed by atoms with Crippen LogP contribution in [0.5, 0.6) is 0 Å². The highest BCUT2D eigenvalue weighted by Crippen LogP contribution is 2.74. The Bertz CT molecular complexity index is 910. The minimum Gasteiger partial charge on any atom is -0.457 e. The molecule has 4 fully saturated rings. The highest BCUT2D eigenvalue weighted by molar-refractivity contribution is 5.66. The maximum atomic E-state index is 11.9. The second-order valence-electron chi connectivity index (χ2n) is 16.0. The fourth-order valence-corrected chi connectivity index (χ4v) is 11.2. The Hall–Kier alpha value is -0.690. The van der Waals surface area contributed by atoms with Crippen molar-refractivity contribution in [3.05, 3.63) is 0 Å². The lowest BCUT2D eigenvalue weighted by Gasteiger charge is -2.67. The zero-order chi connectivity index (χ0) is 29.3. The molecule has 0 aromatic carbocycles. The zero-order valence-corrected chi connectivity index (χ0v) is 26.4. The van der Waals surface area contributed by atoms with Gasteiger partial charge in [0.2, 0.25) is 0 Å². The number of hydrogen-bond acceptors (Lipinski definition) is 6. The Morgan fingerprint density at radius 2 is 1.62 bits per heavy atom. The third kappa shape index (κ3) is 4.72. The average Bonchev–Trinajstić information content (AvgIpc) is 3.04. The summed E-state index contributed by atoms with van der Waals surface area (Å²) in [5, 5.41) is 33.6. The first-order valence-electron chi connectivity index (χ1n) is 15.6. The molecular weight excluding hydrogens is 492 g/mol. The molecule has 0 heterocycles. The molecule has 0 aliphatic heterocycles. The van der Waals surface area contributed by atoms with E-state index < -0.39 is 23.8 Å². The molecule has 4 unspecified atom stereocenters. The number of methoxy groups -OCH3 is 1. The van der Waals surface area contributed by atoms with E-state index in [1.807, 2.05) is 0 Å². The van der Waals surface area contributed by atoms with Crippen LogP contribution < -0.4 is 0 Å². The van der Waals surface area contributed by atoms with E-state index in [1.165, 1.54) is 13.3 Å². The third-order valence-electron chi connectivity index (χ3n) is 13.5. The number of carbonyl (C=O) groups excluding carboxylic acids is 1. The van der Waals surface area contributed by atoms with Crippen LogP contribution >= 0.6 is 0 Å². The Morgan fingerprint density at radius 1 is 0.974 bits per heavy atom. The summed E-state index contributed by atoms with van der Waals surface area (Å²) in [4.78, 5) is 11.9. The summed E-state index contributed by atoms with van der Waals surface area (Å²) in [6.45, 7) is 18.8. The van der Waals surface area contributed by atoms with E-state index in [9.17, 15) is 20.1 Å². The van der Waals surface area contributed by atoms with Gasteiger partial charge in [-0.15, -0.1) is 0 Å². The molecule has 0 bridgehead atoms. The van der Waals surface area contributed by atoms with Gasteiger partial charge < -0.3 is 24.8 Å². The molecule has 0 spiro atoms. The Balaban J connectivity index is 1.60. The fraction of sp³-hybridized carbons (Fsp3) is 0.970. The molecule has 0 radical (unpaired) electrons. The molecule has 0 aromatic heterocycles. The van der Waals surface area contributed by atoms with E-state index in [-0.39, 0.29) is 39.8 Å². The highest BCUT2D eigenvalue weighted by Gasteiger charge is 2.70. The summed E-state index contributed by atoms with van der Waals surface area (Å²) in [7, 11) is 1.63. The number of hydrogen-bond donors (Lipinski definition) is 3. The minimum atomic E-state index is -1.23. The third-order valence-corrected chi connectivity index (χ3v) is 13.5. The molecule has 39 heavy (non-hydrogen) atoms. The van der Waals surface area contributed by atoms with E-state index >= 15 is 0 Å². The first-order valence-corrected chi connectivity index (χ1v) is 15.6. The molecule has 226 valence electrons. The van der Waals surface area contributed by atoms with Crippen LogP contribution in [0, 0.1) is 51.2 Å². The lowest BCUT2D eigenvalue weighted by Crippen LogP contribution is -2.63. The van der Waals surface area contributed by atoms with Crippen LogP contribution in [-0.4, -0.2) is 58.4 Å². The molecule has 6 heteroatoms. The largest absolute Gasteiger partial charge is 0.457 e. The maximum absolute atomic E-state index is 11.9. The predicted molar refractivity (Wildman–Crippen MR) is 153 cm³/mol. The Morgan fingerprint density at radius 3 is 2.18 bits per heavy atom. The van der Waals surface area contributed by atoms with Gasteiger partial charge in [-0.05, 0) is 111 Å². The highest BCUT2D eigenvalue weighted by atomic mass is 16.6. The van der Waals surface area contributed by atoms with Crippen molar-refractivity contribution in [2.45, 2.75) is 144 Å². The van der Waals surface area contributed by atoms with E-state index in [4.69, 9.17) is 9.47 Å². The molecular formula is C33H58O6. The normalized spacial score (nSPS) is 45.9. The standard InChI is InChI=1S/C33H58O6/c1-19(17-24(38-10)28(30(5,6)37)39-20(2)34)23-18-27(36)33(9)22-11-12-25-29(3,4)26(35)14-15-31(25,7)21(22)13-16-32(23,33)8/h19,21-28,35-37H,11-18H2,1-10H3/t19-,21?,22?,23-,24?,25+,26+,27+,28+,31-,32-,33?/m1/s1. The van der Waals surface area contributed by atoms with Gasteiger partial charge >= 0.3 is 5.97 Å². The van der Waals surface area contributed by atoms with E-state index in [0.29, 0.717) is 30.1 Å². The summed E-state index contributed by atoms with van der Waals surface area (Å²) >= 11 is 0. The molecule has 0 aromatic rings. The van der Waals surface area contributed by atoms with Gasteiger partial charge in [0.15, 0.2) is 6.10 Å². The SMILES string of the molecule is COC(C[C@@H](C)[C@H]1C[C@H](O)C2(C)C3CC[C@H]4C(C)(C)[C@@H](O)CC[C@]4(C)C3CC[C@]12C)[C@H](OC(C)=O)C(C)(C)O. The summed E-state index contributed by atoms with van der Waals surface area (Å²) < 4.78 is 11.4. The molecule has 12 atom stereocenters. The Kier molecular flexibility index (Phi) is 8.20. The Labute approximate surface area is 237 Å². The maximum Gasteiger partial charge on any atom is 0.303 e. The van der Waals surface area contributed by atoms with Crippen LogP contribution in [0.2, 0.25) is 0 Å². The number of rotatable bonds is 7. The summed E-state index contributed by atoms with van der Waals surface area (Å²) in [5.41, 5.74) is -1.28. The first kappa shape index (κ1) is 31.3. The number of carbonyl (C=O) groups is 1. The fourth-order valence-electron chi connectivity index (χ4n) is 11.2. The summed E-state index contributed by atoms with van der Waals surface area (Å²) in [6.07, 6.45) is 6.14. The van der Waals surface area contributed by atoms with Crippen molar-refractivity contribution in [2.24, 2.45) is 51.2 Å². The van der Waals surface area contributed by atoms with Crippen LogP contribution in [0.15, 0.2) is 0 Å². The van der Waals surface area contributed by atoms with Crippen LogP contribution in [-0.2, 0) is 14.3 Å². The van der Waals surface area contributed by atoms with E-state index in [1.54, 1.807) is 21.0 Å². The topological polar surface area (TPSA) is 96.2 Å². The van der Waals surface area contributed by atoms with Gasteiger partial charge in [-0.2, -0.15) is 0 Å². The summed E-state index contributed by atoms with van der Waals surface area (Å²) in [5.74, 6) is 1.67. The van der Waals surface area contributed by atoms with Gasteiger partial charge in [0, 0.05) is 19.4 Å². The molecule has 4 aliphatic rings. The van der Waals surface area contributed by atoms with Gasteiger partial charge in [0.1, 0.15) is 0 Å². The molecule has 4 aliphatic carbocycles. The smallest absolute Gasteiger partial charge is 0.303 e. The molecule has 4 rings (SSSR count). The van der Waals surface area contributed by atoms with Crippen LogP contribution in [0.25, 0.3) is 0 Å². The monoisotopic (exact) mass is 550 g/mol. The van der Waals surface area contributed by atoms with Crippen LogP contribution in [0.4, 0.5) is 0 Å². The minimum absolute atomic E-state index is 0.0101. The van der Waals surface area contributed by atoms with Crippen LogP contribution in [0.3, 0.4) is 0 Å². The number of aliphatic hydroxyl groups is 3. The van der Waals surface area contributed by atoms with Gasteiger partial charge in [-0.1, -0.05) is 41.5 Å². The number of esters is 1. The lowest BCUT2D eigenvalue weighted by atomic mass is 9.37. The van der Waals surface area contributed by atoms with Crippen molar-refractivity contribution in [3.8, 4) is 0 Å². The molecule has 4 saturated carbocycles. The van der Waals surface area contributed by atoms with Gasteiger partial charge in [0.25, 0.3) is 0 Å². The first-order chi connectivity index (χ1) is 17.9. The molecule has 0 saturated heterocycles. The summed E-state index contributed by atoms with van der Waals surface area (Å²) in [6, 6.07) is 0. The molecule has 3 N–H and O–H groups in total. The lowest BCUT2D eigenvalue weighted by molar-refractivity contribution is -0.214. The van der Waals surface area contributed by atoms with Gasteiger partial charge in [-0.3, -0.25) is 4.79 Å². The average molecular weight is 551 g/mol. The van der Waals surface area contributed by atoms with Crippen molar-refractivity contribution in [3.63, 3.8) is 0 Å². The molecule has 0 amide bonds. The van der Waals surface area contributed by atoms with Crippen molar-refractivity contribution in [1.82, 2.24) is 0 Å². The van der Waals surface area contributed by atoms with E-state index in [0.717, 1.165) is 38.5 Å². The predicted octanol–water partition coefficient (Wildman–Crippen LogP) is 5.75. The van der Waals surface area contributed by atoms with Crippen molar-refractivity contribution in [1.29, 1.82) is 0 Å². The van der Waals surface area contributed by atoms with Crippen molar-refractivity contribution < 1.29 is 29.6 Å². The van der Waals surface area contributed by atoms with Crippen LogP contribution in [0.1, 0.15) is 114 Å². The zero-order valence-electron chi connectivity index (χ0n) is 26.4. The van der Waals surface area contributed by atoms with Crippen molar-refractivity contribution in [2.75, 3.05) is 7.11 Å². The quantitative estimate of drug-likeness (QED) is 0.350. The number of fused-ring (bicyclic) bond motifs is 5. The number of ether oxygens (including phenoxy) is 2.